The van der Waals surface area contributed by atoms with Crippen molar-refractivity contribution in [2.75, 3.05) is 39.9 Å². The lowest BCUT2D eigenvalue weighted by Crippen LogP contribution is -2.47. The lowest BCUT2D eigenvalue weighted by molar-refractivity contribution is 0.0733. The molecule has 0 amide bonds. The van der Waals surface area contributed by atoms with Crippen LogP contribution in [0.4, 0.5) is 0 Å². The van der Waals surface area contributed by atoms with E-state index in [1.54, 1.807) is 0 Å². The topological polar surface area (TPSA) is 24.5 Å². The highest BCUT2D eigenvalue weighted by Crippen LogP contribution is 2.36. The third-order valence-corrected chi connectivity index (χ3v) is 4.70. The highest BCUT2D eigenvalue weighted by Gasteiger charge is 2.35. The maximum absolute atomic E-state index is 5.32. The predicted octanol–water partition coefficient (Wildman–Crippen LogP) is 3.15. The molecule has 1 aliphatic rings. The van der Waals surface area contributed by atoms with Gasteiger partial charge in [0.15, 0.2) is 0 Å². The molecule has 0 aromatic rings. The Morgan fingerprint density at radius 2 is 2.05 bits per heavy atom. The SMILES string of the molecule is CCCC(C)(CNCC)CN(CCOC)C(C)C1CC1. The Kier molecular flexibility index (Phi) is 8.08. The number of ether oxygens (including phenoxy) is 1. The van der Waals surface area contributed by atoms with Crippen LogP contribution in [0.15, 0.2) is 0 Å². The maximum atomic E-state index is 5.32. The minimum atomic E-state index is 0.377. The van der Waals surface area contributed by atoms with Gasteiger partial charge in [-0.25, -0.2) is 0 Å². The Balaban J connectivity index is 2.61. The van der Waals surface area contributed by atoms with Crippen LogP contribution in [0.2, 0.25) is 0 Å². The number of nitrogens with one attached hydrogen (secondary N) is 1. The van der Waals surface area contributed by atoms with Crippen molar-refractivity contribution in [1.29, 1.82) is 0 Å². The summed E-state index contributed by atoms with van der Waals surface area (Å²) in [6.45, 7) is 14.6. The second kappa shape index (κ2) is 9.01. The zero-order chi connectivity index (χ0) is 15.0. The first-order valence-corrected chi connectivity index (χ1v) is 8.50. The van der Waals surface area contributed by atoms with Gasteiger partial charge in [0.05, 0.1) is 6.61 Å². The summed E-state index contributed by atoms with van der Waals surface area (Å²) in [5.74, 6) is 0.928. The van der Waals surface area contributed by atoms with Crippen molar-refractivity contribution in [3.8, 4) is 0 Å². The van der Waals surface area contributed by atoms with Gasteiger partial charge in [-0.1, -0.05) is 27.2 Å². The Morgan fingerprint density at radius 1 is 1.35 bits per heavy atom. The average Bonchev–Trinajstić information content (AvgIpc) is 3.25. The normalized spacial score (nSPS) is 20.1. The lowest BCUT2D eigenvalue weighted by Gasteiger charge is -2.39. The van der Waals surface area contributed by atoms with E-state index >= 15 is 0 Å². The molecule has 2 atom stereocenters. The standard InChI is InChI=1S/C17H36N2O/c1-6-10-17(4,13-18-7-2)14-19(11-12-20-5)15(3)16-8-9-16/h15-16,18H,6-14H2,1-5H3. The molecule has 20 heavy (non-hydrogen) atoms. The van der Waals surface area contributed by atoms with Gasteiger partial charge in [-0.3, -0.25) is 4.90 Å². The van der Waals surface area contributed by atoms with Crippen LogP contribution in [0, 0.1) is 11.3 Å². The summed E-state index contributed by atoms with van der Waals surface area (Å²) < 4.78 is 5.32. The van der Waals surface area contributed by atoms with Crippen molar-refractivity contribution in [3.63, 3.8) is 0 Å². The second-order valence-electron chi connectivity index (χ2n) is 6.88. The van der Waals surface area contributed by atoms with Gasteiger partial charge in [0.25, 0.3) is 0 Å². The van der Waals surface area contributed by atoms with Crippen LogP contribution < -0.4 is 5.32 Å². The maximum Gasteiger partial charge on any atom is 0.0589 e. The second-order valence-corrected chi connectivity index (χ2v) is 6.88. The quantitative estimate of drug-likeness (QED) is 0.596. The largest absolute Gasteiger partial charge is 0.383 e. The van der Waals surface area contributed by atoms with Crippen molar-refractivity contribution < 1.29 is 4.74 Å². The van der Waals surface area contributed by atoms with E-state index in [1.807, 2.05) is 7.11 Å². The highest BCUT2D eigenvalue weighted by molar-refractivity contribution is 4.89. The van der Waals surface area contributed by atoms with Crippen LogP contribution in [-0.2, 0) is 4.74 Å². The Hall–Kier alpha value is -0.120. The summed E-state index contributed by atoms with van der Waals surface area (Å²) in [6, 6.07) is 0.711. The molecule has 0 spiro atoms. The van der Waals surface area contributed by atoms with Crippen LogP contribution >= 0.6 is 0 Å². The summed E-state index contributed by atoms with van der Waals surface area (Å²) in [5, 5.41) is 3.56. The van der Waals surface area contributed by atoms with E-state index in [9.17, 15) is 0 Å². The fourth-order valence-corrected chi connectivity index (χ4v) is 3.26. The molecule has 3 nitrogen and oxygen atoms in total. The predicted molar refractivity (Wildman–Crippen MR) is 87.2 cm³/mol. The Labute approximate surface area is 126 Å². The molecule has 1 N–H and O–H groups in total. The molecule has 1 saturated carbocycles. The van der Waals surface area contributed by atoms with E-state index in [2.05, 4.69) is 37.9 Å². The zero-order valence-electron chi connectivity index (χ0n) is 14.4. The van der Waals surface area contributed by atoms with Gasteiger partial charge in [-0.2, -0.15) is 0 Å². The lowest BCUT2D eigenvalue weighted by atomic mass is 9.84. The third kappa shape index (κ3) is 6.11. The summed E-state index contributed by atoms with van der Waals surface area (Å²) in [4.78, 5) is 2.67. The first-order chi connectivity index (χ1) is 9.56. The van der Waals surface area contributed by atoms with Crippen molar-refractivity contribution in [2.24, 2.45) is 11.3 Å². The number of hydrogen-bond acceptors (Lipinski definition) is 3. The average molecular weight is 284 g/mol. The van der Waals surface area contributed by atoms with Crippen LogP contribution in [0.3, 0.4) is 0 Å². The van der Waals surface area contributed by atoms with E-state index in [0.717, 1.165) is 32.2 Å². The van der Waals surface area contributed by atoms with Gasteiger partial charge in [0, 0.05) is 32.8 Å². The number of rotatable bonds is 12. The molecule has 0 bridgehead atoms. The molecular formula is C17H36N2O. The molecule has 0 aromatic heterocycles. The van der Waals surface area contributed by atoms with E-state index in [0.29, 0.717) is 11.5 Å². The van der Waals surface area contributed by atoms with Crippen molar-refractivity contribution >= 4 is 0 Å². The molecule has 0 aliphatic heterocycles. The molecule has 1 aliphatic carbocycles. The fraction of sp³-hybridized carbons (Fsp3) is 1.00. The van der Waals surface area contributed by atoms with Gasteiger partial charge >= 0.3 is 0 Å². The third-order valence-electron chi connectivity index (χ3n) is 4.70. The van der Waals surface area contributed by atoms with Gasteiger partial charge in [-0.05, 0) is 44.1 Å². The number of nitrogens with zero attached hydrogens (tertiary/aromatic N) is 1. The van der Waals surface area contributed by atoms with Crippen molar-refractivity contribution in [2.45, 2.75) is 59.4 Å². The molecule has 0 aromatic carbocycles. The first kappa shape index (κ1) is 17.9. The highest BCUT2D eigenvalue weighted by atomic mass is 16.5. The van der Waals surface area contributed by atoms with Crippen LogP contribution in [0.25, 0.3) is 0 Å². The minimum Gasteiger partial charge on any atom is -0.383 e. The smallest absolute Gasteiger partial charge is 0.0589 e. The van der Waals surface area contributed by atoms with Gasteiger partial charge < -0.3 is 10.1 Å². The molecule has 1 rings (SSSR count). The van der Waals surface area contributed by atoms with E-state index in [1.165, 1.54) is 32.2 Å². The van der Waals surface area contributed by atoms with E-state index in [-0.39, 0.29) is 0 Å². The molecular weight excluding hydrogens is 248 g/mol. The minimum absolute atomic E-state index is 0.377. The fourth-order valence-electron chi connectivity index (χ4n) is 3.26. The molecule has 0 saturated heterocycles. The molecule has 1 fully saturated rings. The van der Waals surface area contributed by atoms with Crippen LogP contribution in [-0.4, -0.2) is 50.8 Å². The van der Waals surface area contributed by atoms with E-state index < -0.39 is 0 Å². The van der Waals surface area contributed by atoms with Crippen LogP contribution in [0.1, 0.15) is 53.4 Å². The molecule has 0 radical (unpaired) electrons. The van der Waals surface area contributed by atoms with Gasteiger partial charge in [-0.15, -0.1) is 0 Å². The number of methoxy groups -OCH3 is 1. The summed E-state index contributed by atoms with van der Waals surface area (Å²) in [5.41, 5.74) is 0.377. The molecule has 2 unspecified atom stereocenters. The summed E-state index contributed by atoms with van der Waals surface area (Å²) in [7, 11) is 1.81. The van der Waals surface area contributed by atoms with Crippen molar-refractivity contribution in [3.05, 3.63) is 0 Å². The summed E-state index contributed by atoms with van der Waals surface area (Å²) in [6.07, 6.45) is 5.39. The molecule has 0 heterocycles. The van der Waals surface area contributed by atoms with E-state index in [4.69, 9.17) is 4.74 Å². The van der Waals surface area contributed by atoms with Gasteiger partial charge in [0.2, 0.25) is 0 Å². The Morgan fingerprint density at radius 3 is 2.55 bits per heavy atom. The first-order valence-electron chi connectivity index (χ1n) is 8.50. The Bertz CT molecular complexity index is 255. The van der Waals surface area contributed by atoms with Gasteiger partial charge in [0.1, 0.15) is 0 Å². The molecule has 120 valence electrons. The zero-order valence-corrected chi connectivity index (χ0v) is 14.4. The van der Waals surface area contributed by atoms with Crippen molar-refractivity contribution in [1.82, 2.24) is 10.2 Å². The summed E-state index contributed by atoms with van der Waals surface area (Å²) >= 11 is 0. The molecule has 3 heteroatoms. The monoisotopic (exact) mass is 284 g/mol. The number of hydrogen-bond donors (Lipinski definition) is 1. The van der Waals surface area contributed by atoms with Crippen LogP contribution in [0.5, 0.6) is 0 Å².